The van der Waals surface area contributed by atoms with Gasteiger partial charge in [0, 0.05) is 4.91 Å². The van der Waals surface area contributed by atoms with Crippen molar-refractivity contribution in [2.45, 2.75) is 12.6 Å². The van der Waals surface area contributed by atoms with Gasteiger partial charge in [0.25, 0.3) is 0 Å². The number of nitrogens with one attached hydrogen (secondary N) is 1. The molecule has 0 radical (unpaired) electrons. The van der Waals surface area contributed by atoms with Crippen LogP contribution in [-0.4, -0.2) is 31.3 Å². The Kier molecular flexibility index (Phi) is 5.36. The maximum absolute atomic E-state index is 12.2. The molecule has 0 bridgehead atoms. The molecule has 1 aliphatic heterocycles. The van der Waals surface area contributed by atoms with Crippen LogP contribution in [0.25, 0.3) is 10.4 Å². The number of ketones is 1. The lowest BCUT2D eigenvalue weighted by molar-refractivity contribution is -0.109. The molecule has 2 aromatic rings. The number of hydrogen-bond donors (Lipinski definition) is 1. The molecule has 1 N–H and O–H groups in total. The Labute approximate surface area is 149 Å². The molecule has 0 aromatic heterocycles. The first-order chi connectivity index (χ1) is 12.7. The predicted octanol–water partition coefficient (Wildman–Crippen LogP) is 3.13. The molecule has 0 saturated heterocycles. The molecule has 1 atom stereocenters. The number of ether oxygens (including phenoxy) is 2. The molecule has 132 valence electrons. The molecule has 8 nitrogen and oxygen atoms in total. The molecule has 2 aromatic carbocycles. The van der Waals surface area contributed by atoms with Crippen molar-refractivity contribution in [3.63, 3.8) is 0 Å². The van der Waals surface area contributed by atoms with Gasteiger partial charge in [-0.05, 0) is 23.2 Å². The van der Waals surface area contributed by atoms with Crippen LogP contribution in [0, 0.1) is 0 Å². The van der Waals surface area contributed by atoms with Gasteiger partial charge >= 0.3 is 0 Å². The summed E-state index contributed by atoms with van der Waals surface area (Å²) in [5, 5.41) is 6.32. The van der Waals surface area contributed by atoms with Gasteiger partial charge < -0.3 is 19.6 Å². The Morgan fingerprint density at radius 3 is 2.88 bits per heavy atom. The normalized spacial score (nSPS) is 14.8. The van der Waals surface area contributed by atoms with E-state index in [1.807, 2.05) is 30.3 Å². The largest absolute Gasteiger partial charge is 0.488 e. The van der Waals surface area contributed by atoms with Gasteiger partial charge in [-0.2, -0.15) is 0 Å². The summed E-state index contributed by atoms with van der Waals surface area (Å²) in [6, 6.07) is 12.3. The molecule has 0 amide bonds. The highest BCUT2D eigenvalue weighted by Crippen LogP contribution is 2.41. The van der Waals surface area contributed by atoms with Crippen LogP contribution < -0.4 is 14.8 Å². The predicted molar refractivity (Wildman–Crippen MR) is 94.5 cm³/mol. The van der Waals surface area contributed by atoms with Crippen LogP contribution >= 0.6 is 0 Å². The van der Waals surface area contributed by atoms with Gasteiger partial charge in [-0.3, -0.25) is 4.79 Å². The summed E-state index contributed by atoms with van der Waals surface area (Å²) in [5.74, 6) is 0.391. The minimum Gasteiger partial charge on any atom is -0.488 e. The summed E-state index contributed by atoms with van der Waals surface area (Å²) >= 11 is 0. The molecule has 3 rings (SSSR count). The van der Waals surface area contributed by atoms with Gasteiger partial charge in [0.2, 0.25) is 0 Å². The second-order valence-electron chi connectivity index (χ2n) is 5.60. The van der Waals surface area contributed by atoms with Gasteiger partial charge in [-0.1, -0.05) is 35.4 Å². The van der Waals surface area contributed by atoms with Crippen LogP contribution in [0.2, 0.25) is 0 Å². The second-order valence-corrected chi connectivity index (χ2v) is 5.60. The molecule has 26 heavy (non-hydrogen) atoms. The smallest absolute Gasteiger partial charge is 0.172 e. The van der Waals surface area contributed by atoms with Crippen LogP contribution in [0.4, 0.5) is 5.69 Å². The molecule has 1 heterocycles. The van der Waals surface area contributed by atoms with Crippen molar-refractivity contribution in [2.24, 2.45) is 5.11 Å². The van der Waals surface area contributed by atoms with Crippen molar-refractivity contribution in [1.29, 1.82) is 0 Å². The fourth-order valence-corrected chi connectivity index (χ4v) is 2.58. The number of Topliss-reactive ketones (excluding diaryl/α,β-unsaturated/α-hetero) is 1. The Morgan fingerprint density at radius 2 is 2.15 bits per heavy atom. The topological polar surface area (TPSA) is 113 Å². The van der Waals surface area contributed by atoms with Crippen LogP contribution in [0.5, 0.6) is 11.5 Å². The highest BCUT2D eigenvalue weighted by Gasteiger charge is 2.27. The van der Waals surface area contributed by atoms with Crippen LogP contribution in [-0.2, 0) is 11.4 Å². The van der Waals surface area contributed by atoms with E-state index in [1.54, 1.807) is 12.1 Å². The first kappa shape index (κ1) is 17.3. The molecule has 0 spiro atoms. The Hall–Kier alpha value is -3.51. The molecule has 0 aliphatic carbocycles. The number of carbonyl (C=O) groups excluding carboxylic acids is 2. The zero-order chi connectivity index (χ0) is 18.4. The van der Waals surface area contributed by atoms with Gasteiger partial charge in [0.15, 0.2) is 11.5 Å². The van der Waals surface area contributed by atoms with Crippen molar-refractivity contribution in [1.82, 2.24) is 0 Å². The number of benzene rings is 2. The minimum absolute atomic E-state index is 0.0977. The Morgan fingerprint density at radius 1 is 1.35 bits per heavy atom. The molecule has 0 fully saturated rings. The number of carbonyl (C=O) groups is 2. The van der Waals surface area contributed by atoms with Crippen molar-refractivity contribution in [3.8, 4) is 11.5 Å². The van der Waals surface area contributed by atoms with Crippen LogP contribution in [0.1, 0.15) is 15.9 Å². The molecular formula is C18H16N4O4. The van der Waals surface area contributed by atoms with Crippen molar-refractivity contribution in [3.05, 3.63) is 64.0 Å². The van der Waals surface area contributed by atoms with E-state index in [0.717, 1.165) is 11.8 Å². The van der Waals surface area contributed by atoms with Crippen molar-refractivity contribution in [2.75, 3.05) is 18.5 Å². The van der Waals surface area contributed by atoms with Crippen molar-refractivity contribution >= 4 is 17.8 Å². The van der Waals surface area contributed by atoms with E-state index in [2.05, 4.69) is 15.3 Å². The summed E-state index contributed by atoms with van der Waals surface area (Å²) < 4.78 is 11.5. The number of rotatable bonds is 7. The zero-order valence-corrected chi connectivity index (χ0v) is 13.8. The van der Waals surface area contributed by atoms with Crippen molar-refractivity contribution < 1.29 is 19.1 Å². The lowest BCUT2D eigenvalue weighted by atomic mass is 10.1. The van der Waals surface area contributed by atoms with Gasteiger partial charge in [-0.25, -0.2) is 0 Å². The Bertz CT molecular complexity index is 863. The monoisotopic (exact) mass is 352 g/mol. The van der Waals surface area contributed by atoms with E-state index in [9.17, 15) is 9.59 Å². The van der Waals surface area contributed by atoms with Gasteiger partial charge in [0.1, 0.15) is 37.0 Å². The molecule has 8 heteroatoms. The maximum Gasteiger partial charge on any atom is 0.172 e. The summed E-state index contributed by atoms with van der Waals surface area (Å²) in [7, 11) is 0. The number of hydrogen-bond acceptors (Lipinski definition) is 6. The first-order valence-electron chi connectivity index (χ1n) is 7.95. The third-order valence-electron chi connectivity index (χ3n) is 3.84. The zero-order valence-electron chi connectivity index (χ0n) is 13.8. The van der Waals surface area contributed by atoms with E-state index in [-0.39, 0.29) is 24.5 Å². The highest BCUT2D eigenvalue weighted by atomic mass is 16.5. The average molecular weight is 352 g/mol. The van der Waals surface area contributed by atoms with Gasteiger partial charge in [0.05, 0.1) is 12.1 Å². The molecule has 1 unspecified atom stereocenters. The fraction of sp³-hybridized carbons (Fsp3) is 0.222. The lowest BCUT2D eigenvalue weighted by Gasteiger charge is -2.27. The summed E-state index contributed by atoms with van der Waals surface area (Å²) in [6.07, 6.45) is 0.735. The summed E-state index contributed by atoms with van der Waals surface area (Å²) in [4.78, 5) is 25.9. The quantitative estimate of drug-likeness (QED) is 0.270. The van der Waals surface area contributed by atoms with E-state index in [4.69, 9.17) is 15.0 Å². The fourth-order valence-electron chi connectivity index (χ4n) is 2.58. The summed E-state index contributed by atoms with van der Waals surface area (Å²) in [5.41, 5.74) is 10.1. The Balaban J connectivity index is 1.91. The number of nitrogens with zero attached hydrogens (tertiary/aromatic N) is 3. The minimum atomic E-state index is -0.538. The maximum atomic E-state index is 12.2. The van der Waals surface area contributed by atoms with E-state index < -0.39 is 6.04 Å². The third kappa shape index (κ3) is 3.76. The SMILES string of the molecule is [N-]=[N+]=NCC(=O)c1ccc(OCc2ccccc2)c2c1OCC(C=O)N2. The van der Waals surface area contributed by atoms with E-state index in [0.29, 0.717) is 23.8 Å². The molecular weight excluding hydrogens is 336 g/mol. The first-order valence-corrected chi connectivity index (χ1v) is 7.95. The lowest BCUT2D eigenvalue weighted by Crippen LogP contribution is -2.33. The molecule has 0 saturated carbocycles. The van der Waals surface area contributed by atoms with Gasteiger partial charge in [-0.15, -0.1) is 0 Å². The number of azide groups is 1. The van der Waals surface area contributed by atoms with Crippen LogP contribution in [0.15, 0.2) is 47.6 Å². The number of aldehydes is 1. The summed E-state index contributed by atoms with van der Waals surface area (Å²) in [6.45, 7) is 0.112. The standard InChI is InChI=1S/C18H16N4O4/c19-22-20-8-15(24)14-6-7-16(25-10-12-4-2-1-3-5-12)17-18(14)26-11-13(9-23)21-17/h1-7,9,13,21H,8,10-11H2. The second kappa shape index (κ2) is 8.04. The third-order valence-corrected chi connectivity index (χ3v) is 3.84. The van der Waals surface area contributed by atoms with E-state index in [1.165, 1.54) is 0 Å². The highest BCUT2D eigenvalue weighted by molar-refractivity contribution is 6.02. The average Bonchev–Trinajstić information content (AvgIpc) is 2.70. The number of anilines is 1. The van der Waals surface area contributed by atoms with Crippen LogP contribution in [0.3, 0.4) is 0 Å². The van der Waals surface area contributed by atoms with E-state index >= 15 is 0 Å². The molecule has 1 aliphatic rings. The number of fused-ring (bicyclic) bond motifs is 1.